The molecular weight excluding hydrogens is 256 g/mol. The van der Waals surface area contributed by atoms with Crippen molar-refractivity contribution in [1.29, 1.82) is 0 Å². The Labute approximate surface area is 127 Å². The van der Waals surface area contributed by atoms with Crippen molar-refractivity contribution < 1.29 is 4.42 Å². The summed E-state index contributed by atoms with van der Waals surface area (Å²) in [5.74, 6) is 3.96. The first kappa shape index (κ1) is 13.4. The Morgan fingerprint density at radius 3 is 1.48 bits per heavy atom. The van der Waals surface area contributed by atoms with E-state index in [0.29, 0.717) is 11.8 Å². The maximum Gasteiger partial charge on any atom is 0.115 e. The van der Waals surface area contributed by atoms with E-state index in [0.717, 1.165) is 0 Å². The largest absolute Gasteiger partial charge is 0.464 e. The molecule has 0 atom stereocenters. The first-order valence-electron chi connectivity index (χ1n) is 8.95. The molecule has 2 aliphatic rings. The van der Waals surface area contributed by atoms with E-state index in [9.17, 15) is 0 Å². The summed E-state index contributed by atoms with van der Waals surface area (Å²) < 4.78 is 6.54. The summed E-state index contributed by atoms with van der Waals surface area (Å²) in [5, 5.41) is 2.81. The molecule has 0 radical (unpaired) electrons. The molecule has 0 N–H and O–H groups in total. The molecule has 2 aliphatic carbocycles. The highest BCUT2D eigenvalue weighted by Gasteiger charge is 2.27. The van der Waals surface area contributed by atoms with E-state index in [4.69, 9.17) is 4.42 Å². The first-order valence-corrected chi connectivity index (χ1v) is 8.95. The summed E-state index contributed by atoms with van der Waals surface area (Å²) in [5.41, 5.74) is 0. The molecule has 2 fully saturated rings. The van der Waals surface area contributed by atoms with E-state index in [-0.39, 0.29) is 0 Å². The van der Waals surface area contributed by atoms with Crippen LogP contribution in [-0.4, -0.2) is 0 Å². The molecule has 0 unspecified atom stereocenters. The molecule has 2 saturated carbocycles. The van der Waals surface area contributed by atoms with Crippen LogP contribution in [0.3, 0.4) is 0 Å². The highest BCUT2D eigenvalue weighted by Crippen LogP contribution is 2.43. The SMILES string of the molecule is c1ccc2c(C3CCCCC3)oc(C3CCCCC3)c2c1. The van der Waals surface area contributed by atoms with Gasteiger partial charge >= 0.3 is 0 Å². The lowest BCUT2D eigenvalue weighted by Crippen LogP contribution is -2.05. The maximum atomic E-state index is 6.54. The maximum absolute atomic E-state index is 6.54. The first-order chi connectivity index (χ1) is 10.4. The average Bonchev–Trinajstić information content (AvgIpc) is 2.96. The van der Waals surface area contributed by atoms with Crippen molar-refractivity contribution in [3.8, 4) is 0 Å². The second kappa shape index (κ2) is 5.87. The van der Waals surface area contributed by atoms with Crippen molar-refractivity contribution in [3.05, 3.63) is 35.8 Å². The van der Waals surface area contributed by atoms with Gasteiger partial charge in [0, 0.05) is 22.6 Å². The molecule has 0 bridgehead atoms. The van der Waals surface area contributed by atoms with Crippen molar-refractivity contribution >= 4 is 10.8 Å². The normalized spacial score (nSPS) is 21.9. The van der Waals surface area contributed by atoms with Gasteiger partial charge in [-0.2, -0.15) is 0 Å². The zero-order valence-corrected chi connectivity index (χ0v) is 12.9. The summed E-state index contributed by atoms with van der Waals surface area (Å²) in [7, 11) is 0. The van der Waals surface area contributed by atoms with Gasteiger partial charge in [0.05, 0.1) is 0 Å². The predicted molar refractivity (Wildman–Crippen MR) is 87.9 cm³/mol. The van der Waals surface area contributed by atoms with Crippen molar-refractivity contribution in [1.82, 2.24) is 0 Å². The molecule has 4 rings (SSSR count). The quantitative estimate of drug-likeness (QED) is 0.610. The molecule has 2 aromatic rings. The number of hydrogen-bond donors (Lipinski definition) is 0. The van der Waals surface area contributed by atoms with E-state index < -0.39 is 0 Å². The van der Waals surface area contributed by atoms with Gasteiger partial charge in [-0.3, -0.25) is 0 Å². The topological polar surface area (TPSA) is 13.1 Å². The van der Waals surface area contributed by atoms with Crippen molar-refractivity contribution in [2.75, 3.05) is 0 Å². The lowest BCUT2D eigenvalue weighted by atomic mass is 9.85. The highest BCUT2D eigenvalue weighted by molar-refractivity contribution is 5.87. The van der Waals surface area contributed by atoms with Gasteiger partial charge in [0.2, 0.25) is 0 Å². The number of rotatable bonds is 2. The summed E-state index contributed by atoms with van der Waals surface area (Å²) in [4.78, 5) is 0. The van der Waals surface area contributed by atoms with Crippen molar-refractivity contribution in [2.24, 2.45) is 0 Å². The Morgan fingerprint density at radius 2 is 1.05 bits per heavy atom. The molecule has 0 aliphatic heterocycles. The predicted octanol–water partition coefficient (Wildman–Crippen LogP) is 6.53. The van der Waals surface area contributed by atoms with Gasteiger partial charge in [0.1, 0.15) is 11.5 Å². The van der Waals surface area contributed by atoms with Gasteiger partial charge in [-0.25, -0.2) is 0 Å². The summed E-state index contributed by atoms with van der Waals surface area (Å²) in [6.45, 7) is 0. The lowest BCUT2D eigenvalue weighted by molar-refractivity contribution is 0.331. The third-order valence-electron chi connectivity index (χ3n) is 5.63. The fourth-order valence-corrected chi connectivity index (χ4v) is 4.48. The molecule has 0 spiro atoms. The zero-order chi connectivity index (χ0) is 14.1. The van der Waals surface area contributed by atoms with Gasteiger partial charge < -0.3 is 4.42 Å². The van der Waals surface area contributed by atoms with Gasteiger partial charge in [0.25, 0.3) is 0 Å². The third kappa shape index (κ3) is 2.52. The van der Waals surface area contributed by atoms with Crippen LogP contribution in [0.15, 0.2) is 28.7 Å². The Kier molecular flexibility index (Phi) is 3.75. The number of benzene rings is 1. The highest BCUT2D eigenvalue weighted by atomic mass is 16.3. The molecule has 112 valence electrons. The van der Waals surface area contributed by atoms with Crippen LogP contribution >= 0.6 is 0 Å². The average molecular weight is 282 g/mol. The Morgan fingerprint density at radius 1 is 0.619 bits per heavy atom. The van der Waals surface area contributed by atoms with E-state index in [1.807, 2.05) is 0 Å². The molecule has 0 amide bonds. The van der Waals surface area contributed by atoms with Crippen molar-refractivity contribution in [3.63, 3.8) is 0 Å². The third-order valence-corrected chi connectivity index (χ3v) is 5.63. The van der Waals surface area contributed by atoms with Gasteiger partial charge in [-0.1, -0.05) is 62.8 Å². The minimum Gasteiger partial charge on any atom is -0.464 e. The van der Waals surface area contributed by atoms with Gasteiger partial charge in [0.15, 0.2) is 0 Å². The molecule has 1 aromatic heterocycles. The van der Waals surface area contributed by atoms with Crippen LogP contribution in [0.2, 0.25) is 0 Å². The summed E-state index contributed by atoms with van der Waals surface area (Å²) >= 11 is 0. The second-order valence-electron chi connectivity index (χ2n) is 7.05. The van der Waals surface area contributed by atoms with Crippen LogP contribution in [0.25, 0.3) is 10.8 Å². The lowest BCUT2D eigenvalue weighted by Gasteiger charge is -2.21. The molecule has 1 nitrogen and oxygen atoms in total. The molecule has 0 saturated heterocycles. The second-order valence-corrected chi connectivity index (χ2v) is 7.05. The van der Waals surface area contributed by atoms with Crippen molar-refractivity contribution in [2.45, 2.75) is 76.0 Å². The van der Waals surface area contributed by atoms with Crippen LogP contribution in [-0.2, 0) is 0 Å². The fourth-order valence-electron chi connectivity index (χ4n) is 4.48. The van der Waals surface area contributed by atoms with Crippen LogP contribution < -0.4 is 0 Å². The Bertz CT molecular complexity index is 545. The standard InChI is InChI=1S/C20H26O/c1-3-9-15(10-4-1)19-17-13-7-8-14-18(17)20(21-19)16-11-5-2-6-12-16/h7-8,13-16H,1-6,9-12H2. The van der Waals surface area contributed by atoms with Crippen LogP contribution in [0, 0.1) is 0 Å². The smallest absolute Gasteiger partial charge is 0.115 e. The van der Waals surface area contributed by atoms with Crippen LogP contribution in [0.1, 0.15) is 87.6 Å². The molecule has 1 aromatic carbocycles. The summed E-state index contributed by atoms with van der Waals surface area (Å²) in [6.07, 6.45) is 13.6. The molecule has 1 heteroatoms. The van der Waals surface area contributed by atoms with Gasteiger partial charge in [-0.15, -0.1) is 0 Å². The van der Waals surface area contributed by atoms with Crippen LogP contribution in [0.5, 0.6) is 0 Å². The molecule has 21 heavy (non-hydrogen) atoms. The Balaban J connectivity index is 1.76. The Hall–Kier alpha value is -1.24. The van der Waals surface area contributed by atoms with E-state index >= 15 is 0 Å². The molecular formula is C20H26O. The van der Waals surface area contributed by atoms with E-state index in [1.165, 1.54) is 86.5 Å². The monoisotopic (exact) mass is 282 g/mol. The minimum atomic E-state index is 0.668. The summed E-state index contributed by atoms with van der Waals surface area (Å²) in [6, 6.07) is 8.92. The van der Waals surface area contributed by atoms with E-state index in [1.54, 1.807) is 0 Å². The number of furan rings is 1. The molecule has 1 heterocycles. The number of hydrogen-bond acceptors (Lipinski definition) is 1. The fraction of sp³-hybridized carbons (Fsp3) is 0.600. The van der Waals surface area contributed by atoms with Gasteiger partial charge in [-0.05, 0) is 25.7 Å². The van der Waals surface area contributed by atoms with Crippen LogP contribution in [0.4, 0.5) is 0 Å². The zero-order valence-electron chi connectivity index (χ0n) is 12.9. The van der Waals surface area contributed by atoms with E-state index in [2.05, 4.69) is 24.3 Å². The minimum absolute atomic E-state index is 0.668. The number of fused-ring (bicyclic) bond motifs is 1.